The minimum absolute atomic E-state index is 0.134. The van der Waals surface area contributed by atoms with Crippen molar-refractivity contribution < 1.29 is 4.79 Å². The Labute approximate surface area is 123 Å². The minimum atomic E-state index is -0.134. The Morgan fingerprint density at radius 3 is 2.90 bits per heavy atom. The van der Waals surface area contributed by atoms with Crippen LogP contribution in [0.5, 0.6) is 0 Å². The van der Waals surface area contributed by atoms with E-state index >= 15 is 0 Å². The molecule has 0 atom stereocenters. The first-order valence-corrected chi connectivity index (χ1v) is 6.95. The van der Waals surface area contributed by atoms with Gasteiger partial charge in [0.15, 0.2) is 0 Å². The highest BCUT2D eigenvalue weighted by molar-refractivity contribution is 6.34. The van der Waals surface area contributed by atoms with Crippen LogP contribution in [0.15, 0.2) is 36.4 Å². The zero-order chi connectivity index (χ0) is 14.1. The molecule has 1 heterocycles. The lowest BCUT2D eigenvalue weighted by atomic mass is 10.1. The summed E-state index contributed by atoms with van der Waals surface area (Å²) >= 11 is 6.13. The number of hydrogen-bond acceptors (Lipinski definition) is 2. The molecule has 20 heavy (non-hydrogen) atoms. The van der Waals surface area contributed by atoms with Gasteiger partial charge in [0.05, 0.1) is 10.7 Å². The fraction of sp³-hybridized carbons (Fsp3) is 0.188. The average Bonchev–Trinajstić information content (AvgIpc) is 2.89. The second-order valence-electron chi connectivity index (χ2n) is 4.99. The summed E-state index contributed by atoms with van der Waals surface area (Å²) in [4.78, 5) is 12.3. The molecule has 2 N–H and O–H groups in total. The monoisotopic (exact) mass is 286 g/mol. The molecule has 2 aromatic rings. The average molecular weight is 287 g/mol. The number of hydrogen-bond donors (Lipinski definition) is 2. The first-order valence-electron chi connectivity index (χ1n) is 6.58. The highest BCUT2D eigenvalue weighted by Crippen LogP contribution is 2.25. The van der Waals surface area contributed by atoms with Crippen LogP contribution < -0.4 is 10.6 Å². The number of nitrogens with one attached hydrogen (secondary N) is 2. The van der Waals surface area contributed by atoms with Crippen molar-refractivity contribution in [3.8, 4) is 0 Å². The van der Waals surface area contributed by atoms with Crippen molar-refractivity contribution in [2.75, 3.05) is 17.2 Å². The number of carbonyl (C=O) groups excluding carboxylic acids is 1. The maximum absolute atomic E-state index is 12.3. The van der Waals surface area contributed by atoms with E-state index in [0.717, 1.165) is 24.2 Å². The Balaban J connectivity index is 1.82. The first kappa shape index (κ1) is 13.0. The normalized spacial score (nSPS) is 12.7. The predicted molar refractivity (Wildman–Crippen MR) is 82.8 cm³/mol. The van der Waals surface area contributed by atoms with Crippen molar-refractivity contribution in [3.05, 3.63) is 58.1 Å². The van der Waals surface area contributed by atoms with E-state index in [0.29, 0.717) is 16.3 Å². The van der Waals surface area contributed by atoms with Gasteiger partial charge >= 0.3 is 0 Å². The van der Waals surface area contributed by atoms with Gasteiger partial charge in [-0.15, -0.1) is 0 Å². The third-order valence-corrected chi connectivity index (χ3v) is 3.76. The molecular weight excluding hydrogens is 272 g/mol. The van der Waals surface area contributed by atoms with E-state index in [-0.39, 0.29) is 5.91 Å². The van der Waals surface area contributed by atoms with E-state index in [1.54, 1.807) is 0 Å². The molecule has 2 aromatic carbocycles. The third-order valence-electron chi connectivity index (χ3n) is 3.45. The molecule has 0 bridgehead atoms. The Bertz CT molecular complexity index is 682. The van der Waals surface area contributed by atoms with E-state index in [1.807, 2.05) is 43.3 Å². The lowest BCUT2D eigenvalue weighted by Gasteiger charge is -2.09. The molecule has 1 aliphatic heterocycles. The molecule has 102 valence electrons. The summed E-state index contributed by atoms with van der Waals surface area (Å²) in [6.45, 7) is 2.90. The van der Waals surface area contributed by atoms with Crippen LogP contribution >= 0.6 is 11.6 Å². The fourth-order valence-electron chi connectivity index (χ4n) is 2.36. The second-order valence-corrected chi connectivity index (χ2v) is 5.39. The van der Waals surface area contributed by atoms with Gasteiger partial charge in [-0.3, -0.25) is 4.79 Å². The standard InChI is InChI=1S/C16H15ClN2O/c1-10-2-4-15(13(17)8-10)19-16(20)12-3-5-14-11(9-12)6-7-18-14/h2-5,8-9,18H,6-7H2,1H3,(H,19,20). The number of carbonyl (C=O) groups is 1. The maximum Gasteiger partial charge on any atom is 0.255 e. The lowest BCUT2D eigenvalue weighted by molar-refractivity contribution is 0.102. The molecule has 1 amide bonds. The molecule has 0 saturated carbocycles. The van der Waals surface area contributed by atoms with Crippen molar-refractivity contribution in [2.45, 2.75) is 13.3 Å². The molecule has 0 saturated heterocycles. The quantitative estimate of drug-likeness (QED) is 0.880. The summed E-state index contributed by atoms with van der Waals surface area (Å²) in [5.41, 5.74) is 4.67. The Kier molecular flexibility index (Phi) is 3.36. The van der Waals surface area contributed by atoms with Gasteiger partial charge in [0, 0.05) is 17.8 Å². The van der Waals surface area contributed by atoms with Crippen LogP contribution in [-0.4, -0.2) is 12.5 Å². The molecule has 3 rings (SSSR count). The molecule has 0 fully saturated rings. The molecule has 0 spiro atoms. The first-order chi connectivity index (χ1) is 9.63. The van der Waals surface area contributed by atoms with Crippen LogP contribution in [0.25, 0.3) is 0 Å². The Morgan fingerprint density at radius 2 is 2.10 bits per heavy atom. The van der Waals surface area contributed by atoms with Crippen LogP contribution in [0.4, 0.5) is 11.4 Å². The molecule has 0 aromatic heterocycles. The Morgan fingerprint density at radius 1 is 1.25 bits per heavy atom. The van der Waals surface area contributed by atoms with Gasteiger partial charge < -0.3 is 10.6 Å². The van der Waals surface area contributed by atoms with Gasteiger partial charge in [-0.2, -0.15) is 0 Å². The number of aryl methyl sites for hydroxylation is 1. The third kappa shape index (κ3) is 2.49. The topological polar surface area (TPSA) is 41.1 Å². The molecule has 3 nitrogen and oxygen atoms in total. The summed E-state index contributed by atoms with van der Waals surface area (Å²) in [5, 5.41) is 6.69. The zero-order valence-electron chi connectivity index (χ0n) is 11.2. The Hall–Kier alpha value is -2.00. The zero-order valence-corrected chi connectivity index (χ0v) is 11.9. The van der Waals surface area contributed by atoms with Crippen molar-refractivity contribution in [2.24, 2.45) is 0 Å². The van der Waals surface area contributed by atoms with Gasteiger partial charge in [-0.25, -0.2) is 0 Å². The van der Waals surface area contributed by atoms with Crippen LogP contribution in [0, 0.1) is 6.92 Å². The number of amides is 1. The van der Waals surface area contributed by atoms with Crippen molar-refractivity contribution >= 4 is 28.9 Å². The van der Waals surface area contributed by atoms with E-state index in [1.165, 1.54) is 5.56 Å². The second kappa shape index (κ2) is 5.17. The number of anilines is 2. The summed E-state index contributed by atoms with van der Waals surface area (Å²) in [6, 6.07) is 11.3. The summed E-state index contributed by atoms with van der Waals surface area (Å²) in [7, 11) is 0. The number of benzene rings is 2. The van der Waals surface area contributed by atoms with Crippen LogP contribution in [0.3, 0.4) is 0 Å². The highest BCUT2D eigenvalue weighted by atomic mass is 35.5. The smallest absolute Gasteiger partial charge is 0.255 e. The van der Waals surface area contributed by atoms with Crippen LogP contribution in [0.2, 0.25) is 5.02 Å². The largest absolute Gasteiger partial charge is 0.384 e. The molecule has 0 unspecified atom stereocenters. The molecule has 4 heteroatoms. The van der Waals surface area contributed by atoms with Gasteiger partial charge in [0.1, 0.15) is 0 Å². The van der Waals surface area contributed by atoms with Gasteiger partial charge in [-0.05, 0) is 54.8 Å². The van der Waals surface area contributed by atoms with E-state index in [2.05, 4.69) is 10.6 Å². The maximum atomic E-state index is 12.3. The predicted octanol–water partition coefficient (Wildman–Crippen LogP) is 3.87. The summed E-state index contributed by atoms with van der Waals surface area (Å²) < 4.78 is 0. The lowest BCUT2D eigenvalue weighted by Crippen LogP contribution is -2.12. The highest BCUT2D eigenvalue weighted by Gasteiger charge is 2.14. The van der Waals surface area contributed by atoms with Crippen LogP contribution in [0.1, 0.15) is 21.5 Å². The van der Waals surface area contributed by atoms with Crippen molar-refractivity contribution in [1.29, 1.82) is 0 Å². The van der Waals surface area contributed by atoms with Crippen molar-refractivity contribution in [1.82, 2.24) is 0 Å². The molecular formula is C16H15ClN2O. The SMILES string of the molecule is Cc1ccc(NC(=O)c2ccc3c(c2)CCN3)c(Cl)c1. The van der Waals surface area contributed by atoms with Gasteiger partial charge in [0.25, 0.3) is 5.91 Å². The minimum Gasteiger partial charge on any atom is -0.384 e. The molecule has 0 radical (unpaired) electrons. The van der Waals surface area contributed by atoms with Gasteiger partial charge in [-0.1, -0.05) is 17.7 Å². The number of fused-ring (bicyclic) bond motifs is 1. The number of halogens is 1. The number of rotatable bonds is 2. The van der Waals surface area contributed by atoms with E-state index in [4.69, 9.17) is 11.6 Å². The van der Waals surface area contributed by atoms with E-state index in [9.17, 15) is 4.79 Å². The van der Waals surface area contributed by atoms with E-state index < -0.39 is 0 Å². The fourth-order valence-corrected chi connectivity index (χ4v) is 2.64. The summed E-state index contributed by atoms with van der Waals surface area (Å²) in [6.07, 6.45) is 0.960. The van der Waals surface area contributed by atoms with Gasteiger partial charge in [0.2, 0.25) is 0 Å². The van der Waals surface area contributed by atoms with Crippen molar-refractivity contribution in [3.63, 3.8) is 0 Å². The molecule has 1 aliphatic rings. The molecule has 0 aliphatic carbocycles. The van der Waals surface area contributed by atoms with Crippen LogP contribution in [-0.2, 0) is 6.42 Å². The summed E-state index contributed by atoms with van der Waals surface area (Å²) in [5.74, 6) is -0.134.